The maximum atomic E-state index is 10.7. The maximum Gasteiger partial charge on any atom is 0.341 e. The predicted octanol–water partition coefficient (Wildman–Crippen LogP) is 1.22. The molecule has 0 spiro atoms. The average Bonchev–Trinajstić information content (AvgIpc) is 2.74. The first-order valence-corrected chi connectivity index (χ1v) is 4.08. The highest BCUT2D eigenvalue weighted by Crippen LogP contribution is 2.30. The number of carboxylic acids is 1. The fraction of sp³-hybridized carbons (Fsp3) is 0.500. The monoisotopic (exact) mass is 183 g/mol. The summed E-state index contributed by atoms with van der Waals surface area (Å²) >= 11 is 0. The Kier molecular flexibility index (Phi) is 2.02. The molecule has 0 amide bonds. The topological polar surface area (TPSA) is 72.6 Å². The van der Waals surface area contributed by atoms with Crippen molar-refractivity contribution in [2.24, 2.45) is 0 Å². The fourth-order valence-corrected chi connectivity index (χ4v) is 1.43. The first-order valence-electron chi connectivity index (χ1n) is 4.08. The zero-order chi connectivity index (χ0) is 9.26. The molecule has 1 aliphatic rings. The fourth-order valence-electron chi connectivity index (χ4n) is 1.43. The summed E-state index contributed by atoms with van der Waals surface area (Å²) in [6.45, 7) is 0.657. The number of nitrogens with zero attached hydrogens (tertiary/aromatic N) is 1. The van der Waals surface area contributed by atoms with E-state index in [0.717, 1.165) is 12.8 Å². The average molecular weight is 183 g/mol. The lowest BCUT2D eigenvalue weighted by molar-refractivity contribution is 0.0659. The van der Waals surface area contributed by atoms with Crippen molar-refractivity contribution in [1.29, 1.82) is 0 Å². The van der Waals surface area contributed by atoms with Gasteiger partial charge in [-0.05, 0) is 12.8 Å². The number of aromatic carboxylic acids is 1. The summed E-state index contributed by atoms with van der Waals surface area (Å²) in [5.74, 6) is -0.684. The highest BCUT2D eigenvalue weighted by atomic mass is 16.5. The minimum absolute atomic E-state index is 0.104. The molecular formula is C8H9NO4. The number of ether oxygens (including phenoxy) is 1. The van der Waals surface area contributed by atoms with E-state index in [2.05, 4.69) is 5.16 Å². The van der Waals surface area contributed by atoms with Gasteiger partial charge in [-0.2, -0.15) is 0 Å². The van der Waals surface area contributed by atoms with Crippen molar-refractivity contribution in [2.75, 3.05) is 6.61 Å². The Labute approximate surface area is 74.3 Å². The normalized spacial score (nSPS) is 22.0. The first kappa shape index (κ1) is 8.25. The molecule has 0 aromatic carbocycles. The van der Waals surface area contributed by atoms with Gasteiger partial charge in [-0.15, -0.1) is 0 Å². The van der Waals surface area contributed by atoms with Gasteiger partial charge in [-0.1, -0.05) is 5.16 Å². The first-order chi connectivity index (χ1) is 6.29. The van der Waals surface area contributed by atoms with Crippen LogP contribution in [0.5, 0.6) is 0 Å². The van der Waals surface area contributed by atoms with Crippen LogP contribution >= 0.6 is 0 Å². The lowest BCUT2D eigenvalue weighted by Crippen LogP contribution is -2.03. The predicted molar refractivity (Wildman–Crippen MR) is 41.4 cm³/mol. The summed E-state index contributed by atoms with van der Waals surface area (Å²) in [6, 6.07) is 0. The molecule has 70 valence electrons. The molecule has 1 unspecified atom stereocenters. The van der Waals surface area contributed by atoms with Crippen LogP contribution in [0.3, 0.4) is 0 Å². The van der Waals surface area contributed by atoms with Crippen molar-refractivity contribution in [3.63, 3.8) is 0 Å². The molecule has 1 saturated heterocycles. The lowest BCUT2D eigenvalue weighted by Gasteiger charge is -2.04. The molecule has 2 rings (SSSR count). The quantitative estimate of drug-likeness (QED) is 0.746. The third kappa shape index (κ3) is 1.42. The number of carboxylic acid groups (broad SMARTS) is 1. The Morgan fingerprint density at radius 3 is 3.15 bits per heavy atom. The van der Waals surface area contributed by atoms with Gasteiger partial charge in [0.25, 0.3) is 0 Å². The van der Waals surface area contributed by atoms with Gasteiger partial charge in [-0.25, -0.2) is 4.79 Å². The Morgan fingerprint density at radius 1 is 1.69 bits per heavy atom. The molecule has 0 radical (unpaired) electrons. The van der Waals surface area contributed by atoms with E-state index in [0.29, 0.717) is 12.4 Å². The van der Waals surface area contributed by atoms with Gasteiger partial charge in [-0.3, -0.25) is 0 Å². The number of hydrogen-bond donors (Lipinski definition) is 1. The SMILES string of the molecule is O=C(O)c1cnoc1C1CCCO1. The van der Waals surface area contributed by atoms with Crippen LogP contribution in [0.25, 0.3) is 0 Å². The van der Waals surface area contributed by atoms with Crippen LogP contribution in [0.15, 0.2) is 10.7 Å². The van der Waals surface area contributed by atoms with E-state index in [-0.39, 0.29) is 11.7 Å². The van der Waals surface area contributed by atoms with E-state index in [1.165, 1.54) is 6.20 Å². The molecule has 2 heterocycles. The Balaban J connectivity index is 2.28. The summed E-state index contributed by atoms with van der Waals surface area (Å²) < 4.78 is 10.1. The van der Waals surface area contributed by atoms with Crippen LogP contribution in [0.1, 0.15) is 35.1 Å². The van der Waals surface area contributed by atoms with Crippen LogP contribution in [0, 0.1) is 0 Å². The van der Waals surface area contributed by atoms with E-state index >= 15 is 0 Å². The smallest absolute Gasteiger partial charge is 0.341 e. The van der Waals surface area contributed by atoms with Gasteiger partial charge in [0.05, 0.1) is 6.20 Å². The summed E-state index contributed by atoms with van der Waals surface area (Å²) in [7, 11) is 0. The highest BCUT2D eigenvalue weighted by Gasteiger charge is 2.27. The molecule has 5 heteroatoms. The van der Waals surface area contributed by atoms with Gasteiger partial charge in [0.15, 0.2) is 5.76 Å². The Bertz CT molecular complexity index is 314. The van der Waals surface area contributed by atoms with E-state index in [1.807, 2.05) is 0 Å². The summed E-state index contributed by atoms with van der Waals surface area (Å²) in [5.41, 5.74) is 0.104. The summed E-state index contributed by atoms with van der Waals surface area (Å²) in [5, 5.41) is 12.2. The zero-order valence-corrected chi connectivity index (χ0v) is 6.90. The highest BCUT2D eigenvalue weighted by molar-refractivity contribution is 5.88. The van der Waals surface area contributed by atoms with E-state index in [1.54, 1.807) is 0 Å². The number of aromatic nitrogens is 1. The van der Waals surface area contributed by atoms with Gasteiger partial charge >= 0.3 is 5.97 Å². The second-order valence-corrected chi connectivity index (χ2v) is 2.91. The van der Waals surface area contributed by atoms with Crippen LogP contribution in [-0.2, 0) is 4.74 Å². The van der Waals surface area contributed by atoms with Gasteiger partial charge in [0.1, 0.15) is 11.7 Å². The van der Waals surface area contributed by atoms with Crippen LogP contribution in [0.2, 0.25) is 0 Å². The zero-order valence-electron chi connectivity index (χ0n) is 6.90. The molecule has 0 bridgehead atoms. The lowest BCUT2D eigenvalue weighted by atomic mass is 10.1. The molecular weight excluding hydrogens is 174 g/mol. The molecule has 0 aliphatic carbocycles. The van der Waals surface area contributed by atoms with Crippen LogP contribution < -0.4 is 0 Å². The molecule has 1 atom stereocenters. The van der Waals surface area contributed by atoms with Gasteiger partial charge in [0.2, 0.25) is 0 Å². The molecule has 5 nitrogen and oxygen atoms in total. The molecule has 13 heavy (non-hydrogen) atoms. The summed E-state index contributed by atoms with van der Waals surface area (Å²) in [6.07, 6.45) is 2.72. The number of carbonyl (C=O) groups is 1. The van der Waals surface area contributed by atoms with Crippen LogP contribution in [0.4, 0.5) is 0 Å². The standard InChI is InChI=1S/C8H9NO4/c10-8(11)5-4-9-13-7(5)6-2-1-3-12-6/h4,6H,1-3H2,(H,10,11). The largest absolute Gasteiger partial charge is 0.478 e. The third-order valence-corrected chi connectivity index (χ3v) is 2.05. The Hall–Kier alpha value is -1.36. The Morgan fingerprint density at radius 2 is 2.54 bits per heavy atom. The summed E-state index contributed by atoms with van der Waals surface area (Å²) in [4.78, 5) is 10.7. The van der Waals surface area contributed by atoms with Gasteiger partial charge in [0, 0.05) is 6.61 Å². The minimum atomic E-state index is -1.02. The molecule has 1 N–H and O–H groups in total. The molecule has 0 saturated carbocycles. The van der Waals surface area contributed by atoms with Crippen molar-refractivity contribution in [1.82, 2.24) is 5.16 Å². The number of hydrogen-bond acceptors (Lipinski definition) is 4. The molecule has 1 fully saturated rings. The van der Waals surface area contributed by atoms with Crippen molar-refractivity contribution < 1.29 is 19.2 Å². The molecule has 1 aromatic heterocycles. The van der Waals surface area contributed by atoms with Crippen molar-refractivity contribution >= 4 is 5.97 Å². The van der Waals surface area contributed by atoms with Crippen LogP contribution in [-0.4, -0.2) is 22.8 Å². The van der Waals surface area contributed by atoms with E-state index in [4.69, 9.17) is 14.4 Å². The van der Waals surface area contributed by atoms with E-state index < -0.39 is 5.97 Å². The third-order valence-electron chi connectivity index (χ3n) is 2.05. The molecule has 1 aliphatic heterocycles. The maximum absolute atomic E-state index is 10.7. The van der Waals surface area contributed by atoms with Crippen molar-refractivity contribution in [2.45, 2.75) is 18.9 Å². The van der Waals surface area contributed by atoms with Gasteiger partial charge < -0.3 is 14.4 Å². The second-order valence-electron chi connectivity index (χ2n) is 2.91. The molecule has 1 aromatic rings. The second kappa shape index (κ2) is 3.18. The van der Waals surface area contributed by atoms with E-state index in [9.17, 15) is 4.79 Å². The van der Waals surface area contributed by atoms with Crippen molar-refractivity contribution in [3.05, 3.63) is 17.5 Å². The minimum Gasteiger partial charge on any atom is -0.478 e. The number of rotatable bonds is 2. The van der Waals surface area contributed by atoms with Crippen molar-refractivity contribution in [3.8, 4) is 0 Å².